The average molecular weight is 383 g/mol. The minimum absolute atomic E-state index is 0.212. The molecule has 2 aromatic heterocycles. The summed E-state index contributed by atoms with van der Waals surface area (Å²) in [5.41, 5.74) is 2.17. The van der Waals surface area contributed by atoms with Crippen molar-refractivity contribution in [3.05, 3.63) is 47.4 Å². The van der Waals surface area contributed by atoms with Crippen molar-refractivity contribution in [2.24, 2.45) is 5.92 Å². The van der Waals surface area contributed by atoms with Gasteiger partial charge in [-0.1, -0.05) is 5.16 Å². The maximum atomic E-state index is 13.3. The highest BCUT2D eigenvalue weighted by Crippen LogP contribution is 2.31. The number of pyridine rings is 1. The quantitative estimate of drug-likeness (QED) is 0.746. The maximum absolute atomic E-state index is 13.3. The van der Waals surface area contributed by atoms with Crippen LogP contribution in [0.15, 0.2) is 34.9 Å². The Bertz CT molecular complexity index is 1080. The second-order valence-corrected chi connectivity index (χ2v) is 6.98. The molecule has 1 aliphatic heterocycles. The third-order valence-corrected chi connectivity index (χ3v) is 5.32. The van der Waals surface area contributed by atoms with Gasteiger partial charge in [0, 0.05) is 18.2 Å². The highest BCUT2D eigenvalue weighted by molar-refractivity contribution is 6.07. The molecule has 2 atom stereocenters. The summed E-state index contributed by atoms with van der Waals surface area (Å²) in [4.78, 5) is 30.7. The van der Waals surface area contributed by atoms with Crippen LogP contribution < -0.4 is 0 Å². The van der Waals surface area contributed by atoms with Crippen LogP contribution in [0.2, 0.25) is 0 Å². The number of carbonyl (C=O) groups is 2. The fourth-order valence-corrected chi connectivity index (χ4v) is 3.74. The number of carboxylic acid groups (broad SMARTS) is 1. The van der Waals surface area contributed by atoms with Crippen molar-refractivity contribution in [3.8, 4) is 11.3 Å². The zero-order valence-electron chi connectivity index (χ0n) is 15.3. The van der Waals surface area contributed by atoms with E-state index in [2.05, 4.69) is 10.1 Å². The van der Waals surface area contributed by atoms with Crippen molar-refractivity contribution in [2.75, 3.05) is 6.54 Å². The number of carboxylic acids is 1. The number of likely N-dealkylation sites (tertiary alicyclic amines) is 1. The number of amides is 1. The SMILES string of the molecule is Cc1noc2nc(-c3ccc(F)cc3)cc(C(=O)N3CCC(C(=O)O)C3C)c12. The van der Waals surface area contributed by atoms with Crippen LogP contribution in [-0.4, -0.2) is 44.6 Å². The molecule has 7 nitrogen and oxygen atoms in total. The summed E-state index contributed by atoms with van der Waals surface area (Å²) in [6, 6.07) is 6.97. The molecule has 1 fully saturated rings. The van der Waals surface area contributed by atoms with Gasteiger partial charge in [-0.15, -0.1) is 0 Å². The van der Waals surface area contributed by atoms with Crippen molar-refractivity contribution >= 4 is 23.0 Å². The number of aliphatic carboxylic acids is 1. The molecule has 0 saturated carbocycles. The first-order chi connectivity index (χ1) is 13.4. The van der Waals surface area contributed by atoms with Crippen LogP contribution >= 0.6 is 0 Å². The molecule has 1 N–H and O–H groups in total. The van der Waals surface area contributed by atoms with Gasteiger partial charge in [0.25, 0.3) is 11.6 Å². The molecule has 1 amide bonds. The Morgan fingerprint density at radius 1 is 1.29 bits per heavy atom. The molecule has 3 heterocycles. The lowest BCUT2D eigenvalue weighted by Crippen LogP contribution is -2.37. The van der Waals surface area contributed by atoms with E-state index in [1.165, 1.54) is 12.1 Å². The smallest absolute Gasteiger partial charge is 0.308 e. The Labute approximate surface area is 159 Å². The van der Waals surface area contributed by atoms with E-state index < -0.39 is 17.9 Å². The number of nitrogens with zero attached hydrogens (tertiary/aromatic N) is 3. The molecule has 1 aromatic carbocycles. The monoisotopic (exact) mass is 383 g/mol. The zero-order chi connectivity index (χ0) is 20.0. The molecule has 1 aliphatic rings. The molecule has 0 radical (unpaired) electrons. The third kappa shape index (κ3) is 2.90. The molecule has 4 rings (SSSR count). The topological polar surface area (TPSA) is 96.5 Å². The van der Waals surface area contributed by atoms with E-state index in [-0.39, 0.29) is 17.4 Å². The zero-order valence-corrected chi connectivity index (χ0v) is 15.3. The third-order valence-electron chi connectivity index (χ3n) is 5.32. The van der Waals surface area contributed by atoms with Crippen LogP contribution in [0.5, 0.6) is 0 Å². The van der Waals surface area contributed by atoms with Crippen molar-refractivity contribution in [2.45, 2.75) is 26.3 Å². The van der Waals surface area contributed by atoms with Gasteiger partial charge < -0.3 is 14.5 Å². The normalized spacial score (nSPS) is 19.3. The van der Waals surface area contributed by atoms with Gasteiger partial charge in [-0.05, 0) is 50.6 Å². The molecule has 3 aromatic rings. The molecule has 1 saturated heterocycles. The molecule has 144 valence electrons. The van der Waals surface area contributed by atoms with Crippen LogP contribution in [-0.2, 0) is 4.79 Å². The summed E-state index contributed by atoms with van der Waals surface area (Å²) < 4.78 is 18.5. The van der Waals surface area contributed by atoms with Crippen molar-refractivity contribution in [1.29, 1.82) is 0 Å². The second-order valence-electron chi connectivity index (χ2n) is 6.98. The number of hydrogen-bond donors (Lipinski definition) is 1. The Morgan fingerprint density at radius 3 is 2.64 bits per heavy atom. The molecule has 0 aliphatic carbocycles. The highest BCUT2D eigenvalue weighted by Gasteiger charge is 2.39. The van der Waals surface area contributed by atoms with Crippen LogP contribution in [0.25, 0.3) is 22.4 Å². The number of hydrogen-bond acceptors (Lipinski definition) is 5. The minimum Gasteiger partial charge on any atom is -0.481 e. The summed E-state index contributed by atoms with van der Waals surface area (Å²) in [7, 11) is 0. The first kappa shape index (κ1) is 18.1. The molecular formula is C20H18FN3O4. The molecule has 8 heteroatoms. The predicted molar refractivity (Wildman–Crippen MR) is 98.2 cm³/mol. The Hall–Kier alpha value is -3.29. The number of benzene rings is 1. The first-order valence-corrected chi connectivity index (χ1v) is 8.93. The molecule has 28 heavy (non-hydrogen) atoms. The van der Waals surface area contributed by atoms with Crippen molar-refractivity contribution in [3.63, 3.8) is 0 Å². The van der Waals surface area contributed by atoms with E-state index in [9.17, 15) is 19.1 Å². The number of aryl methyl sites for hydroxylation is 1. The summed E-state index contributed by atoms with van der Waals surface area (Å²) in [5.74, 6) is -2.17. The van der Waals surface area contributed by atoms with Gasteiger partial charge in [-0.3, -0.25) is 9.59 Å². The standard InChI is InChI=1S/C20H18FN3O4/c1-10-17-15(19(25)24-8-7-14(11(24)2)20(26)27)9-16(22-18(17)28-23-10)12-3-5-13(21)6-4-12/h3-6,9,11,14H,7-8H2,1-2H3,(H,26,27). The maximum Gasteiger partial charge on any atom is 0.308 e. The largest absolute Gasteiger partial charge is 0.481 e. The summed E-state index contributed by atoms with van der Waals surface area (Å²) >= 11 is 0. The van der Waals surface area contributed by atoms with Gasteiger partial charge in [0.2, 0.25) is 0 Å². The molecule has 2 unspecified atom stereocenters. The lowest BCUT2D eigenvalue weighted by molar-refractivity contribution is -0.142. The average Bonchev–Trinajstić information content (AvgIpc) is 3.24. The van der Waals surface area contributed by atoms with Gasteiger partial charge in [0.15, 0.2) is 0 Å². The van der Waals surface area contributed by atoms with Crippen molar-refractivity contribution < 1.29 is 23.6 Å². The summed E-state index contributed by atoms with van der Waals surface area (Å²) in [6.45, 7) is 3.82. The van der Waals surface area contributed by atoms with Gasteiger partial charge in [-0.25, -0.2) is 9.37 Å². The van der Waals surface area contributed by atoms with E-state index in [0.717, 1.165) is 0 Å². The first-order valence-electron chi connectivity index (χ1n) is 8.93. The molecule has 0 bridgehead atoms. The van der Waals surface area contributed by atoms with Gasteiger partial charge in [0.05, 0.1) is 28.3 Å². The molecule has 0 spiro atoms. The van der Waals surface area contributed by atoms with Crippen LogP contribution in [0.3, 0.4) is 0 Å². The van der Waals surface area contributed by atoms with Crippen LogP contribution in [0.4, 0.5) is 4.39 Å². The van der Waals surface area contributed by atoms with E-state index in [1.807, 2.05) is 0 Å². The number of fused-ring (bicyclic) bond motifs is 1. The number of aromatic nitrogens is 2. The fourth-order valence-electron chi connectivity index (χ4n) is 3.74. The van der Waals surface area contributed by atoms with Crippen molar-refractivity contribution in [1.82, 2.24) is 15.0 Å². The fraction of sp³-hybridized carbons (Fsp3) is 0.300. The van der Waals surface area contributed by atoms with Crippen LogP contribution in [0, 0.1) is 18.7 Å². The van der Waals surface area contributed by atoms with E-state index in [0.29, 0.717) is 40.9 Å². The predicted octanol–water partition coefficient (Wildman–Crippen LogP) is 3.27. The Balaban J connectivity index is 1.81. The highest BCUT2D eigenvalue weighted by atomic mass is 19.1. The second kappa shape index (κ2) is 6.70. The lowest BCUT2D eigenvalue weighted by Gasteiger charge is -2.23. The summed E-state index contributed by atoms with van der Waals surface area (Å²) in [6.07, 6.45) is 0.407. The molecular weight excluding hydrogens is 365 g/mol. The number of rotatable bonds is 3. The van der Waals surface area contributed by atoms with Gasteiger partial charge in [-0.2, -0.15) is 0 Å². The Kier molecular flexibility index (Phi) is 4.33. The van der Waals surface area contributed by atoms with E-state index in [4.69, 9.17) is 4.52 Å². The van der Waals surface area contributed by atoms with E-state index >= 15 is 0 Å². The minimum atomic E-state index is -0.907. The van der Waals surface area contributed by atoms with Crippen LogP contribution in [0.1, 0.15) is 29.4 Å². The number of carbonyl (C=O) groups excluding carboxylic acids is 1. The Morgan fingerprint density at radius 2 is 2.00 bits per heavy atom. The lowest BCUT2D eigenvalue weighted by atomic mass is 10.0. The summed E-state index contributed by atoms with van der Waals surface area (Å²) in [5, 5.41) is 13.8. The number of halogens is 1. The van der Waals surface area contributed by atoms with Gasteiger partial charge >= 0.3 is 5.97 Å². The van der Waals surface area contributed by atoms with E-state index in [1.54, 1.807) is 36.9 Å². The van der Waals surface area contributed by atoms with Gasteiger partial charge in [0.1, 0.15) is 5.82 Å².